The van der Waals surface area contributed by atoms with E-state index in [1.165, 1.54) is 37.3 Å². The number of halogens is 2. The van der Waals surface area contributed by atoms with E-state index < -0.39 is 33.7 Å². The molecular formula is C17H17F2NO4S. The zero-order valence-corrected chi connectivity index (χ0v) is 14.4. The summed E-state index contributed by atoms with van der Waals surface area (Å²) in [5.41, 5.74) is 0.242. The fraction of sp³-hybridized carbons (Fsp3) is 0.235. The highest BCUT2D eigenvalue weighted by Crippen LogP contribution is 2.21. The summed E-state index contributed by atoms with van der Waals surface area (Å²) in [6, 6.07) is 7.18. The monoisotopic (exact) mass is 369 g/mol. The highest BCUT2D eigenvalue weighted by atomic mass is 32.2. The van der Waals surface area contributed by atoms with Crippen molar-refractivity contribution in [3.05, 3.63) is 65.2 Å². The average molecular weight is 369 g/mol. The van der Waals surface area contributed by atoms with Gasteiger partial charge < -0.3 is 4.74 Å². The summed E-state index contributed by atoms with van der Waals surface area (Å²) in [4.78, 5) is 11.5. The van der Waals surface area contributed by atoms with Gasteiger partial charge in [0.1, 0.15) is 11.6 Å². The fourth-order valence-corrected chi connectivity index (χ4v) is 3.42. The molecule has 0 bridgehead atoms. The first-order valence-corrected chi connectivity index (χ1v) is 8.97. The molecule has 134 valence electrons. The van der Waals surface area contributed by atoms with E-state index in [2.05, 4.69) is 4.72 Å². The lowest BCUT2D eigenvalue weighted by atomic mass is 10.1. The van der Waals surface area contributed by atoms with Gasteiger partial charge in [0.25, 0.3) is 0 Å². The summed E-state index contributed by atoms with van der Waals surface area (Å²) >= 11 is 0. The van der Waals surface area contributed by atoms with E-state index in [1.807, 2.05) is 0 Å². The molecule has 0 radical (unpaired) electrons. The third kappa shape index (κ3) is 4.61. The molecule has 0 spiro atoms. The van der Waals surface area contributed by atoms with Crippen LogP contribution in [0, 0.1) is 11.6 Å². The number of ether oxygens (including phenoxy) is 1. The second-order valence-electron chi connectivity index (χ2n) is 5.25. The summed E-state index contributed by atoms with van der Waals surface area (Å²) in [7, 11) is -3.95. The molecule has 0 aliphatic rings. The zero-order valence-electron chi connectivity index (χ0n) is 13.6. The Morgan fingerprint density at radius 3 is 2.36 bits per heavy atom. The minimum atomic E-state index is -3.95. The van der Waals surface area contributed by atoms with E-state index in [0.29, 0.717) is 6.07 Å². The number of nitrogens with one attached hydrogen (secondary N) is 1. The van der Waals surface area contributed by atoms with Crippen LogP contribution in [0.4, 0.5) is 8.78 Å². The van der Waals surface area contributed by atoms with Crippen LogP contribution in [0.1, 0.15) is 35.8 Å². The van der Waals surface area contributed by atoms with Crippen molar-refractivity contribution in [3.8, 4) is 0 Å². The number of esters is 1. The second-order valence-corrected chi connectivity index (χ2v) is 6.97. The molecule has 0 unspecified atom stereocenters. The maximum atomic E-state index is 13.8. The summed E-state index contributed by atoms with van der Waals surface area (Å²) in [5.74, 6) is -2.14. The highest BCUT2D eigenvalue weighted by molar-refractivity contribution is 7.89. The van der Waals surface area contributed by atoms with Gasteiger partial charge in [-0.1, -0.05) is 6.07 Å². The number of benzene rings is 2. The first-order valence-electron chi connectivity index (χ1n) is 7.49. The van der Waals surface area contributed by atoms with Gasteiger partial charge in [0.05, 0.1) is 17.1 Å². The molecule has 0 saturated heterocycles. The van der Waals surface area contributed by atoms with Crippen molar-refractivity contribution in [1.82, 2.24) is 4.72 Å². The topological polar surface area (TPSA) is 72.5 Å². The van der Waals surface area contributed by atoms with Crippen LogP contribution in [0.5, 0.6) is 0 Å². The van der Waals surface area contributed by atoms with Crippen molar-refractivity contribution >= 4 is 16.0 Å². The van der Waals surface area contributed by atoms with Gasteiger partial charge in [-0.05, 0) is 44.2 Å². The van der Waals surface area contributed by atoms with Crippen molar-refractivity contribution < 1.29 is 26.7 Å². The lowest BCUT2D eigenvalue weighted by molar-refractivity contribution is 0.0526. The summed E-state index contributed by atoms with van der Waals surface area (Å²) < 4.78 is 58.6. The van der Waals surface area contributed by atoms with E-state index in [1.54, 1.807) is 6.92 Å². The molecule has 5 nitrogen and oxygen atoms in total. The van der Waals surface area contributed by atoms with Crippen LogP contribution in [0.15, 0.2) is 47.4 Å². The van der Waals surface area contributed by atoms with Crippen LogP contribution < -0.4 is 4.72 Å². The number of hydrogen-bond donors (Lipinski definition) is 1. The standard InChI is InChI=1S/C17H17F2NO4S/c1-3-24-17(21)12-4-7-14(8-5-12)25(22,23)20-11(2)15-9-6-13(18)10-16(15)19/h4-11,20H,3H2,1-2H3/t11-/m0/s1. The number of carbonyl (C=O) groups is 1. The molecule has 0 aromatic heterocycles. The minimum Gasteiger partial charge on any atom is -0.462 e. The highest BCUT2D eigenvalue weighted by Gasteiger charge is 2.21. The first-order chi connectivity index (χ1) is 11.7. The van der Waals surface area contributed by atoms with E-state index in [-0.39, 0.29) is 22.6 Å². The van der Waals surface area contributed by atoms with Crippen LogP contribution in [0.3, 0.4) is 0 Å². The SMILES string of the molecule is CCOC(=O)c1ccc(S(=O)(=O)N[C@@H](C)c2ccc(F)cc2F)cc1. The van der Waals surface area contributed by atoms with Crippen molar-refractivity contribution in [3.63, 3.8) is 0 Å². The molecule has 0 aliphatic heterocycles. The minimum absolute atomic E-state index is 0.0214. The number of carbonyl (C=O) groups excluding carboxylic acids is 1. The second kappa shape index (κ2) is 7.71. The number of hydrogen-bond acceptors (Lipinski definition) is 4. The Bertz CT molecular complexity index is 867. The van der Waals surface area contributed by atoms with Crippen molar-refractivity contribution in [2.75, 3.05) is 6.61 Å². The molecule has 0 aliphatic carbocycles. The molecule has 8 heteroatoms. The fourth-order valence-electron chi connectivity index (χ4n) is 2.20. The van der Waals surface area contributed by atoms with Crippen molar-refractivity contribution in [1.29, 1.82) is 0 Å². The van der Waals surface area contributed by atoms with E-state index in [4.69, 9.17) is 4.74 Å². The van der Waals surface area contributed by atoms with E-state index >= 15 is 0 Å². The predicted octanol–water partition coefficient (Wildman–Crippen LogP) is 3.18. The summed E-state index contributed by atoms with van der Waals surface area (Å²) in [5, 5.41) is 0. The van der Waals surface area contributed by atoms with Gasteiger partial charge in [0.15, 0.2) is 0 Å². The van der Waals surface area contributed by atoms with Crippen LogP contribution in [-0.4, -0.2) is 21.0 Å². The molecule has 0 heterocycles. The maximum absolute atomic E-state index is 13.8. The van der Waals surface area contributed by atoms with Gasteiger partial charge in [0, 0.05) is 17.7 Å². The molecule has 0 saturated carbocycles. The predicted molar refractivity (Wildman–Crippen MR) is 87.5 cm³/mol. The normalized spacial score (nSPS) is 12.6. The van der Waals surface area contributed by atoms with Crippen LogP contribution in [0.25, 0.3) is 0 Å². The third-order valence-corrected chi connectivity index (χ3v) is 4.99. The molecule has 2 aromatic rings. The smallest absolute Gasteiger partial charge is 0.338 e. The molecule has 2 rings (SSSR count). The Morgan fingerprint density at radius 2 is 1.80 bits per heavy atom. The Balaban J connectivity index is 2.19. The van der Waals surface area contributed by atoms with Gasteiger partial charge in [0.2, 0.25) is 10.0 Å². The van der Waals surface area contributed by atoms with Gasteiger partial charge in [-0.2, -0.15) is 0 Å². The lowest BCUT2D eigenvalue weighted by Gasteiger charge is -2.15. The summed E-state index contributed by atoms with van der Waals surface area (Å²) in [6.07, 6.45) is 0. The quantitative estimate of drug-likeness (QED) is 0.794. The van der Waals surface area contributed by atoms with E-state index in [0.717, 1.165) is 6.07 Å². The number of rotatable bonds is 6. The van der Waals surface area contributed by atoms with Crippen LogP contribution in [0.2, 0.25) is 0 Å². The van der Waals surface area contributed by atoms with Gasteiger partial charge in [-0.3, -0.25) is 0 Å². The molecule has 0 amide bonds. The molecule has 0 fully saturated rings. The maximum Gasteiger partial charge on any atom is 0.338 e. The van der Waals surface area contributed by atoms with Crippen LogP contribution >= 0.6 is 0 Å². The van der Waals surface area contributed by atoms with Gasteiger partial charge in [-0.15, -0.1) is 0 Å². The van der Waals surface area contributed by atoms with Gasteiger partial charge >= 0.3 is 5.97 Å². The van der Waals surface area contributed by atoms with Crippen molar-refractivity contribution in [2.45, 2.75) is 24.8 Å². The zero-order chi connectivity index (χ0) is 18.6. The Morgan fingerprint density at radius 1 is 1.16 bits per heavy atom. The Labute approximate surface area is 144 Å². The Kier molecular flexibility index (Phi) is 5.86. The van der Waals surface area contributed by atoms with Crippen LogP contribution in [-0.2, 0) is 14.8 Å². The largest absolute Gasteiger partial charge is 0.462 e. The number of sulfonamides is 1. The average Bonchev–Trinajstić information content (AvgIpc) is 2.54. The van der Waals surface area contributed by atoms with Gasteiger partial charge in [-0.25, -0.2) is 26.7 Å². The molecule has 1 N–H and O–H groups in total. The van der Waals surface area contributed by atoms with E-state index in [9.17, 15) is 22.0 Å². The third-order valence-electron chi connectivity index (χ3n) is 3.44. The lowest BCUT2D eigenvalue weighted by Crippen LogP contribution is -2.27. The molecular weight excluding hydrogens is 352 g/mol. The first kappa shape index (κ1) is 19.0. The van der Waals surface area contributed by atoms with Crippen molar-refractivity contribution in [2.24, 2.45) is 0 Å². The molecule has 1 atom stereocenters. The summed E-state index contributed by atoms with van der Waals surface area (Å²) in [6.45, 7) is 3.32. The Hall–Kier alpha value is -2.32. The molecule has 25 heavy (non-hydrogen) atoms. The molecule has 2 aromatic carbocycles.